The van der Waals surface area contributed by atoms with E-state index in [9.17, 15) is 4.79 Å². The Morgan fingerprint density at radius 3 is 2.92 bits per heavy atom. The fourth-order valence-electron chi connectivity index (χ4n) is 3.38. The van der Waals surface area contributed by atoms with E-state index in [1.54, 1.807) is 12.3 Å². The molecule has 25 heavy (non-hydrogen) atoms. The number of nitrogens with one attached hydrogen (secondary N) is 1. The Bertz CT molecular complexity index is 718. The third-order valence-electron chi connectivity index (χ3n) is 4.77. The van der Waals surface area contributed by atoms with Crippen molar-refractivity contribution in [2.45, 2.75) is 31.2 Å². The first-order valence-electron chi connectivity index (χ1n) is 8.67. The molecular formula is C17H21N5O2S. The monoisotopic (exact) mass is 359 g/mol. The number of amides is 1. The Kier molecular flexibility index (Phi) is 4.89. The Labute approximate surface area is 150 Å². The predicted octanol–water partition coefficient (Wildman–Crippen LogP) is 1.84. The fraction of sp³-hybridized carbons (Fsp3) is 0.529. The number of anilines is 1. The van der Waals surface area contributed by atoms with Crippen molar-refractivity contribution in [2.24, 2.45) is 0 Å². The van der Waals surface area contributed by atoms with E-state index in [0.717, 1.165) is 57.2 Å². The fourth-order valence-corrected chi connectivity index (χ4v) is 3.88. The highest BCUT2D eigenvalue weighted by Gasteiger charge is 2.27. The van der Waals surface area contributed by atoms with Gasteiger partial charge in [-0.1, -0.05) is 0 Å². The van der Waals surface area contributed by atoms with Crippen molar-refractivity contribution in [2.75, 3.05) is 31.2 Å². The summed E-state index contributed by atoms with van der Waals surface area (Å²) in [6, 6.07) is 3.87. The van der Waals surface area contributed by atoms with Gasteiger partial charge < -0.3 is 15.0 Å². The number of ether oxygens (including phenoxy) is 1. The van der Waals surface area contributed by atoms with Crippen molar-refractivity contribution in [3.05, 3.63) is 35.1 Å². The first-order chi connectivity index (χ1) is 12.3. The molecular weight excluding hydrogens is 338 g/mol. The second-order valence-electron chi connectivity index (χ2n) is 6.45. The summed E-state index contributed by atoms with van der Waals surface area (Å²) in [6.45, 7) is 3.20. The molecule has 2 aromatic rings. The molecule has 0 radical (unpaired) electrons. The molecule has 4 rings (SSSR count). The van der Waals surface area contributed by atoms with E-state index >= 15 is 0 Å². The van der Waals surface area contributed by atoms with E-state index in [2.05, 4.69) is 19.6 Å². The lowest BCUT2D eigenvalue weighted by molar-refractivity contribution is 0.0845. The molecule has 2 aromatic heterocycles. The zero-order chi connectivity index (χ0) is 17.1. The van der Waals surface area contributed by atoms with Gasteiger partial charge in [0.15, 0.2) is 0 Å². The topological polar surface area (TPSA) is 80.2 Å². The molecule has 1 atom stereocenters. The van der Waals surface area contributed by atoms with Crippen LogP contribution in [-0.2, 0) is 4.74 Å². The second-order valence-corrected chi connectivity index (χ2v) is 7.28. The molecule has 0 aromatic carbocycles. The number of carbonyl (C=O) groups excluding carboxylic acids is 1. The van der Waals surface area contributed by atoms with Gasteiger partial charge in [0.05, 0.1) is 0 Å². The smallest absolute Gasteiger partial charge is 0.263 e. The van der Waals surface area contributed by atoms with E-state index in [4.69, 9.17) is 9.72 Å². The van der Waals surface area contributed by atoms with Crippen LogP contribution in [0.2, 0.25) is 0 Å². The maximum atomic E-state index is 12.2. The predicted molar refractivity (Wildman–Crippen MR) is 95.0 cm³/mol. The highest BCUT2D eigenvalue weighted by molar-refractivity contribution is 7.08. The molecule has 2 aliphatic rings. The lowest BCUT2D eigenvalue weighted by Gasteiger charge is -2.23. The summed E-state index contributed by atoms with van der Waals surface area (Å²) < 4.78 is 9.41. The Hall–Kier alpha value is -2.06. The standard InChI is InChI=1S/C17H21N5O2S/c23-16(15-2-7-19-25-15)20-13-3-8-22(11-13)17-18-6-1-14(21-17)12-4-9-24-10-5-12/h1-2,6-7,12-13H,3-5,8-11H2,(H,20,23). The number of aromatic nitrogens is 3. The first-order valence-corrected chi connectivity index (χ1v) is 9.44. The van der Waals surface area contributed by atoms with Crippen LogP contribution >= 0.6 is 11.5 Å². The highest BCUT2D eigenvalue weighted by Crippen LogP contribution is 2.26. The van der Waals surface area contributed by atoms with Gasteiger partial charge in [0.25, 0.3) is 5.91 Å². The average molecular weight is 359 g/mol. The summed E-state index contributed by atoms with van der Waals surface area (Å²) in [5, 5.41) is 3.08. The molecule has 7 nitrogen and oxygen atoms in total. The largest absolute Gasteiger partial charge is 0.381 e. The summed E-state index contributed by atoms with van der Waals surface area (Å²) in [4.78, 5) is 24.2. The Morgan fingerprint density at radius 2 is 2.12 bits per heavy atom. The molecule has 1 N–H and O–H groups in total. The number of hydrogen-bond acceptors (Lipinski definition) is 7. The van der Waals surface area contributed by atoms with Crippen molar-refractivity contribution in [3.8, 4) is 0 Å². The molecule has 0 bridgehead atoms. The summed E-state index contributed by atoms with van der Waals surface area (Å²) in [6.07, 6.45) is 6.43. The van der Waals surface area contributed by atoms with Gasteiger partial charge in [-0.2, -0.15) is 0 Å². The Morgan fingerprint density at radius 1 is 1.24 bits per heavy atom. The molecule has 132 valence electrons. The quantitative estimate of drug-likeness (QED) is 0.897. The van der Waals surface area contributed by atoms with E-state index in [1.807, 2.05) is 12.3 Å². The third-order valence-corrected chi connectivity index (χ3v) is 5.52. The van der Waals surface area contributed by atoms with E-state index in [-0.39, 0.29) is 11.9 Å². The molecule has 2 saturated heterocycles. The van der Waals surface area contributed by atoms with E-state index in [1.165, 1.54) is 11.5 Å². The zero-order valence-corrected chi connectivity index (χ0v) is 14.7. The maximum Gasteiger partial charge on any atom is 0.263 e. The third kappa shape index (κ3) is 3.80. The van der Waals surface area contributed by atoms with Gasteiger partial charge in [-0.05, 0) is 42.9 Å². The van der Waals surface area contributed by atoms with E-state index < -0.39 is 0 Å². The molecule has 2 fully saturated rings. The molecule has 0 aliphatic carbocycles. The molecule has 1 amide bonds. The van der Waals surface area contributed by atoms with Crippen LogP contribution in [0.5, 0.6) is 0 Å². The normalized spacial score (nSPS) is 21.4. The molecule has 8 heteroatoms. The van der Waals surface area contributed by atoms with Gasteiger partial charge in [0.2, 0.25) is 5.95 Å². The number of hydrogen-bond donors (Lipinski definition) is 1. The maximum absolute atomic E-state index is 12.2. The zero-order valence-electron chi connectivity index (χ0n) is 13.9. The van der Waals surface area contributed by atoms with Crippen molar-refractivity contribution in [1.82, 2.24) is 19.7 Å². The minimum absolute atomic E-state index is 0.0498. The molecule has 0 saturated carbocycles. The minimum Gasteiger partial charge on any atom is -0.381 e. The van der Waals surface area contributed by atoms with Crippen LogP contribution in [0.25, 0.3) is 0 Å². The van der Waals surface area contributed by atoms with Crippen LogP contribution < -0.4 is 10.2 Å². The summed E-state index contributed by atoms with van der Waals surface area (Å²) in [5.74, 6) is 1.17. The Balaban J connectivity index is 1.39. The van der Waals surface area contributed by atoms with Gasteiger partial charge in [-0.15, -0.1) is 0 Å². The van der Waals surface area contributed by atoms with Crippen LogP contribution in [0, 0.1) is 0 Å². The summed E-state index contributed by atoms with van der Waals surface area (Å²) in [5.41, 5.74) is 1.10. The number of carbonyl (C=O) groups is 1. The lowest BCUT2D eigenvalue weighted by atomic mass is 9.96. The van der Waals surface area contributed by atoms with Crippen molar-refractivity contribution >= 4 is 23.4 Å². The van der Waals surface area contributed by atoms with Crippen LogP contribution in [-0.4, -0.2) is 52.6 Å². The molecule has 0 spiro atoms. The summed E-state index contributed by atoms with van der Waals surface area (Å²) in [7, 11) is 0. The van der Waals surface area contributed by atoms with Crippen LogP contribution in [0.4, 0.5) is 5.95 Å². The van der Waals surface area contributed by atoms with Crippen LogP contribution in [0.1, 0.15) is 40.5 Å². The highest BCUT2D eigenvalue weighted by atomic mass is 32.1. The first kappa shape index (κ1) is 16.4. The minimum atomic E-state index is -0.0498. The molecule has 2 aliphatic heterocycles. The van der Waals surface area contributed by atoms with Gasteiger partial charge in [-0.25, -0.2) is 14.3 Å². The van der Waals surface area contributed by atoms with Crippen LogP contribution in [0.3, 0.4) is 0 Å². The number of rotatable bonds is 4. The average Bonchev–Trinajstić information content (AvgIpc) is 3.35. The summed E-state index contributed by atoms with van der Waals surface area (Å²) >= 11 is 1.22. The van der Waals surface area contributed by atoms with Crippen LogP contribution in [0.15, 0.2) is 24.5 Å². The van der Waals surface area contributed by atoms with Gasteiger partial charge in [0, 0.05) is 56.4 Å². The lowest BCUT2D eigenvalue weighted by Crippen LogP contribution is -2.37. The van der Waals surface area contributed by atoms with Gasteiger partial charge in [-0.3, -0.25) is 4.79 Å². The molecule has 4 heterocycles. The number of nitrogens with zero attached hydrogens (tertiary/aromatic N) is 4. The van der Waals surface area contributed by atoms with Gasteiger partial charge in [0.1, 0.15) is 4.88 Å². The SMILES string of the molecule is O=C(NC1CCN(c2nccc(C3CCOCC3)n2)C1)c1ccns1. The van der Waals surface area contributed by atoms with E-state index in [0.29, 0.717) is 10.8 Å². The van der Waals surface area contributed by atoms with Crippen molar-refractivity contribution < 1.29 is 9.53 Å². The van der Waals surface area contributed by atoms with Crippen molar-refractivity contribution in [1.29, 1.82) is 0 Å². The second kappa shape index (κ2) is 7.45. The van der Waals surface area contributed by atoms with Gasteiger partial charge >= 0.3 is 0 Å². The molecule has 1 unspecified atom stereocenters. The van der Waals surface area contributed by atoms with Crippen molar-refractivity contribution in [3.63, 3.8) is 0 Å².